The number of ether oxygens (including phenoxy) is 1. The van der Waals surface area contributed by atoms with Crippen LogP contribution < -0.4 is 16.2 Å². The van der Waals surface area contributed by atoms with E-state index in [2.05, 4.69) is 9.84 Å². The van der Waals surface area contributed by atoms with Gasteiger partial charge in [-0.3, -0.25) is 9.36 Å². The van der Waals surface area contributed by atoms with Crippen LogP contribution in [-0.4, -0.2) is 49.7 Å². The minimum Gasteiger partial charge on any atom is -0.415 e. The number of fused-ring (bicyclic) bond motifs is 1. The maximum absolute atomic E-state index is 13.9. The maximum atomic E-state index is 13.9. The van der Waals surface area contributed by atoms with Gasteiger partial charge in [0.1, 0.15) is 5.82 Å². The van der Waals surface area contributed by atoms with Crippen molar-refractivity contribution in [2.75, 3.05) is 13.1 Å². The average molecular weight is 539 g/mol. The zero-order valence-corrected chi connectivity index (χ0v) is 22.1. The highest BCUT2D eigenvalue weighted by atomic mass is 19.3. The monoisotopic (exact) mass is 538 g/mol. The molecule has 0 bridgehead atoms. The highest BCUT2D eigenvalue weighted by molar-refractivity contribution is 5.94. The molecular formula is C28H32F2N6O3. The number of rotatable bonds is 11. The van der Waals surface area contributed by atoms with Crippen LogP contribution in [0.1, 0.15) is 53.6 Å². The number of hydrogen-bond acceptors (Lipinski definition) is 6. The normalized spacial score (nSPS) is 12.3. The summed E-state index contributed by atoms with van der Waals surface area (Å²) in [6, 6.07) is 17.1. The molecule has 2 N–H and O–H groups in total. The molecule has 0 spiro atoms. The third kappa shape index (κ3) is 6.31. The van der Waals surface area contributed by atoms with Crippen LogP contribution in [0.25, 0.3) is 5.65 Å². The lowest BCUT2D eigenvalue weighted by Gasteiger charge is -2.35. The van der Waals surface area contributed by atoms with Gasteiger partial charge in [-0.15, -0.1) is 5.10 Å². The minimum absolute atomic E-state index is 0.0437. The molecule has 2 aromatic carbocycles. The number of aromatic nitrogens is 4. The molecule has 39 heavy (non-hydrogen) atoms. The first-order chi connectivity index (χ1) is 18.7. The molecule has 0 fully saturated rings. The molecule has 2 aromatic heterocycles. The topological polar surface area (TPSA) is 108 Å². The molecule has 206 valence electrons. The number of nitrogens with zero attached hydrogens (tertiary/aromatic N) is 5. The van der Waals surface area contributed by atoms with Gasteiger partial charge < -0.3 is 15.4 Å². The Balaban J connectivity index is 1.91. The SMILES string of the molecule is Cc1ccc(C(=O)N(CCCN)C(c2nc3cc(OC(F)F)nn3c(=O)n2Cc2ccccc2)C(C)C)cc1. The number of alkyl halides is 2. The van der Waals surface area contributed by atoms with E-state index in [1.165, 1.54) is 10.6 Å². The van der Waals surface area contributed by atoms with Crippen LogP contribution >= 0.6 is 0 Å². The summed E-state index contributed by atoms with van der Waals surface area (Å²) >= 11 is 0. The number of halogens is 2. The smallest absolute Gasteiger partial charge is 0.388 e. The second kappa shape index (κ2) is 12.2. The Kier molecular flexibility index (Phi) is 8.70. The Bertz CT molecular complexity index is 1470. The van der Waals surface area contributed by atoms with Crippen molar-refractivity contribution in [1.29, 1.82) is 0 Å². The van der Waals surface area contributed by atoms with E-state index >= 15 is 0 Å². The molecule has 2 heterocycles. The Morgan fingerprint density at radius 3 is 2.41 bits per heavy atom. The number of nitrogens with two attached hydrogens (primary N) is 1. The quantitative estimate of drug-likeness (QED) is 0.309. The van der Waals surface area contributed by atoms with Gasteiger partial charge in [-0.2, -0.15) is 13.3 Å². The molecule has 4 rings (SSSR count). The number of benzene rings is 2. The van der Waals surface area contributed by atoms with Gasteiger partial charge in [0.2, 0.25) is 5.88 Å². The van der Waals surface area contributed by atoms with E-state index in [-0.39, 0.29) is 24.0 Å². The lowest BCUT2D eigenvalue weighted by molar-refractivity contribution is -0.0530. The van der Waals surface area contributed by atoms with Crippen molar-refractivity contribution < 1.29 is 18.3 Å². The Morgan fingerprint density at radius 2 is 1.79 bits per heavy atom. The minimum atomic E-state index is -3.11. The highest BCUT2D eigenvalue weighted by Gasteiger charge is 2.33. The zero-order chi connectivity index (χ0) is 28.1. The van der Waals surface area contributed by atoms with Gasteiger partial charge in [-0.05, 0) is 43.5 Å². The van der Waals surface area contributed by atoms with Crippen molar-refractivity contribution in [1.82, 2.24) is 24.1 Å². The predicted molar refractivity (Wildman–Crippen MR) is 143 cm³/mol. The summed E-state index contributed by atoms with van der Waals surface area (Å²) in [5, 5.41) is 3.91. The lowest BCUT2D eigenvalue weighted by atomic mass is 9.99. The second-order valence-corrected chi connectivity index (χ2v) is 9.65. The Morgan fingerprint density at radius 1 is 1.10 bits per heavy atom. The third-order valence-corrected chi connectivity index (χ3v) is 6.37. The summed E-state index contributed by atoms with van der Waals surface area (Å²) in [6.45, 7) is 3.54. The van der Waals surface area contributed by atoms with Crippen molar-refractivity contribution in [2.45, 2.75) is 46.4 Å². The molecule has 1 unspecified atom stereocenters. The summed E-state index contributed by atoms with van der Waals surface area (Å²) in [5.41, 5.74) is 7.62. The highest BCUT2D eigenvalue weighted by Crippen LogP contribution is 2.30. The van der Waals surface area contributed by atoms with Gasteiger partial charge in [0.05, 0.1) is 12.6 Å². The van der Waals surface area contributed by atoms with Gasteiger partial charge in [-0.25, -0.2) is 9.78 Å². The Hall–Kier alpha value is -4.12. The van der Waals surface area contributed by atoms with Crippen LogP contribution in [0, 0.1) is 12.8 Å². The first-order valence-electron chi connectivity index (χ1n) is 12.8. The van der Waals surface area contributed by atoms with Crippen molar-refractivity contribution in [3.63, 3.8) is 0 Å². The van der Waals surface area contributed by atoms with Gasteiger partial charge in [0, 0.05) is 18.2 Å². The summed E-state index contributed by atoms with van der Waals surface area (Å²) in [7, 11) is 0. The number of hydrogen-bond donors (Lipinski definition) is 1. The molecule has 0 aliphatic carbocycles. The van der Waals surface area contributed by atoms with Gasteiger partial charge in [0.15, 0.2) is 5.65 Å². The fourth-order valence-corrected chi connectivity index (χ4v) is 4.54. The first-order valence-corrected chi connectivity index (χ1v) is 12.8. The zero-order valence-electron chi connectivity index (χ0n) is 22.1. The van der Waals surface area contributed by atoms with Crippen LogP contribution in [-0.2, 0) is 6.54 Å². The van der Waals surface area contributed by atoms with E-state index in [0.29, 0.717) is 30.9 Å². The van der Waals surface area contributed by atoms with Crippen LogP contribution in [0.2, 0.25) is 0 Å². The summed E-state index contributed by atoms with van der Waals surface area (Å²) in [5.74, 6) is -0.506. The number of aryl methyl sites for hydroxylation is 1. The average Bonchev–Trinajstić information content (AvgIpc) is 3.30. The molecule has 1 amide bonds. The molecule has 0 saturated carbocycles. The predicted octanol–water partition coefficient (Wildman–Crippen LogP) is 4.04. The van der Waals surface area contributed by atoms with Crippen molar-refractivity contribution in [3.05, 3.63) is 93.7 Å². The van der Waals surface area contributed by atoms with Crippen LogP contribution in [0.4, 0.5) is 8.78 Å². The van der Waals surface area contributed by atoms with E-state index in [1.807, 2.05) is 63.2 Å². The molecular weight excluding hydrogens is 506 g/mol. The van der Waals surface area contributed by atoms with Crippen molar-refractivity contribution in [2.24, 2.45) is 11.7 Å². The fraction of sp³-hybridized carbons (Fsp3) is 0.357. The summed E-state index contributed by atoms with van der Waals surface area (Å²) in [6.07, 6.45) is 0.533. The van der Waals surface area contributed by atoms with Crippen molar-refractivity contribution >= 4 is 11.6 Å². The molecule has 1 atom stereocenters. The maximum Gasteiger partial charge on any atom is 0.388 e. The van der Waals surface area contributed by atoms with E-state index in [4.69, 9.17) is 10.7 Å². The number of carbonyl (C=O) groups is 1. The largest absolute Gasteiger partial charge is 0.415 e. The molecule has 0 aliphatic heterocycles. The molecule has 11 heteroatoms. The first kappa shape index (κ1) is 27.9. The third-order valence-electron chi connectivity index (χ3n) is 6.37. The van der Waals surface area contributed by atoms with Crippen molar-refractivity contribution in [3.8, 4) is 5.88 Å². The molecule has 0 aliphatic rings. The summed E-state index contributed by atoms with van der Waals surface area (Å²) in [4.78, 5) is 34.0. The number of carbonyl (C=O) groups excluding carboxylic acids is 1. The fourth-order valence-electron chi connectivity index (χ4n) is 4.54. The van der Waals surface area contributed by atoms with E-state index in [0.717, 1.165) is 15.6 Å². The molecule has 0 radical (unpaired) electrons. The van der Waals surface area contributed by atoms with Crippen LogP contribution in [0.3, 0.4) is 0 Å². The van der Waals surface area contributed by atoms with Gasteiger partial charge >= 0.3 is 12.3 Å². The summed E-state index contributed by atoms with van der Waals surface area (Å²) < 4.78 is 32.6. The van der Waals surface area contributed by atoms with Gasteiger partial charge in [0.25, 0.3) is 5.91 Å². The van der Waals surface area contributed by atoms with Gasteiger partial charge in [-0.1, -0.05) is 61.9 Å². The van der Waals surface area contributed by atoms with Crippen LogP contribution in [0.15, 0.2) is 65.5 Å². The number of amides is 1. The Labute approximate surface area is 224 Å². The standard InChI is InChI=1S/C28H32F2N6O3/c1-18(2)24(34(15-7-14-31)26(37)21-12-10-19(3)11-13-21)25-32-22-16-23(39-27(29)30)33-36(22)28(38)35(25)17-20-8-5-4-6-9-20/h4-6,8-13,16,18,24,27H,7,14-15,17,31H2,1-3H3. The van der Waals surface area contributed by atoms with E-state index < -0.39 is 24.2 Å². The van der Waals surface area contributed by atoms with E-state index in [1.54, 1.807) is 17.0 Å². The van der Waals surface area contributed by atoms with Crippen LogP contribution in [0.5, 0.6) is 5.88 Å². The molecule has 4 aromatic rings. The molecule has 0 saturated heterocycles. The molecule has 9 nitrogen and oxygen atoms in total. The second-order valence-electron chi connectivity index (χ2n) is 9.65. The van der Waals surface area contributed by atoms with E-state index in [9.17, 15) is 18.4 Å². The lowest BCUT2D eigenvalue weighted by Crippen LogP contribution is -2.43.